The molecule has 0 bridgehead atoms. The van der Waals surface area contributed by atoms with Gasteiger partial charge in [0.25, 0.3) is 0 Å². The monoisotopic (exact) mass is 433 g/mol. The van der Waals surface area contributed by atoms with Crippen molar-refractivity contribution in [3.8, 4) is 17.1 Å². The fraction of sp³-hybridized carbons (Fsp3) is 0.455. The van der Waals surface area contributed by atoms with Crippen molar-refractivity contribution in [2.45, 2.75) is 44.9 Å². The van der Waals surface area contributed by atoms with Gasteiger partial charge in [-0.2, -0.15) is 13.2 Å². The molecule has 1 aromatic carbocycles. The van der Waals surface area contributed by atoms with Crippen LogP contribution in [0, 0.1) is 0 Å². The van der Waals surface area contributed by atoms with E-state index in [0.717, 1.165) is 43.6 Å². The lowest BCUT2D eigenvalue weighted by Crippen LogP contribution is -2.39. The third-order valence-electron chi connectivity index (χ3n) is 5.61. The smallest absolute Gasteiger partial charge is 0.416 e. The molecule has 1 aliphatic heterocycles. The molecule has 1 aliphatic rings. The molecule has 6 nitrogen and oxygen atoms in total. The van der Waals surface area contributed by atoms with Crippen LogP contribution < -0.4 is 5.32 Å². The fourth-order valence-corrected chi connectivity index (χ4v) is 4.16. The van der Waals surface area contributed by atoms with Crippen LogP contribution in [-0.4, -0.2) is 50.7 Å². The average molecular weight is 433 g/mol. The SMILES string of the molecule is CC(C)n1c(-c2ccc(C(F)(F)F)cc2O)nc2nc(NC3CCCN(C)C3)ccc21. The molecule has 3 aromatic rings. The number of phenols is 1. The molecule has 4 rings (SSSR count). The summed E-state index contributed by atoms with van der Waals surface area (Å²) < 4.78 is 40.8. The highest BCUT2D eigenvalue weighted by Gasteiger charge is 2.31. The summed E-state index contributed by atoms with van der Waals surface area (Å²) in [6, 6.07) is 7.03. The van der Waals surface area contributed by atoms with Crippen LogP contribution in [0.5, 0.6) is 5.75 Å². The minimum absolute atomic E-state index is 0.0331. The predicted molar refractivity (Wildman–Crippen MR) is 114 cm³/mol. The summed E-state index contributed by atoms with van der Waals surface area (Å²) in [5.74, 6) is 0.637. The van der Waals surface area contributed by atoms with E-state index < -0.39 is 17.5 Å². The Kier molecular flexibility index (Phi) is 5.55. The first kappa shape index (κ1) is 21.4. The summed E-state index contributed by atoms with van der Waals surface area (Å²) in [7, 11) is 2.09. The van der Waals surface area contributed by atoms with Crippen LogP contribution in [0.15, 0.2) is 30.3 Å². The fourth-order valence-electron chi connectivity index (χ4n) is 4.16. The maximum Gasteiger partial charge on any atom is 0.416 e. The maximum absolute atomic E-state index is 13.0. The number of imidazole rings is 1. The van der Waals surface area contributed by atoms with Crippen LogP contribution in [0.2, 0.25) is 0 Å². The van der Waals surface area contributed by atoms with Crippen molar-refractivity contribution in [2.75, 3.05) is 25.5 Å². The molecular weight excluding hydrogens is 407 g/mol. The first-order chi connectivity index (χ1) is 14.6. The van der Waals surface area contributed by atoms with Crippen LogP contribution in [-0.2, 0) is 6.18 Å². The molecule has 2 aromatic heterocycles. The van der Waals surface area contributed by atoms with E-state index >= 15 is 0 Å². The number of aromatic hydroxyl groups is 1. The Labute approximate surface area is 178 Å². The molecule has 2 N–H and O–H groups in total. The first-order valence-electron chi connectivity index (χ1n) is 10.4. The number of benzene rings is 1. The Hall–Kier alpha value is -2.81. The number of nitrogens with one attached hydrogen (secondary N) is 1. The standard InChI is InChI=1S/C22H26F3N5O/c1-13(2)30-17-8-9-19(26-15-5-4-10-29(3)12-15)27-20(17)28-21(30)16-7-6-14(11-18(16)31)22(23,24)25/h6-9,11,13,15,31H,4-5,10,12H2,1-3H3,(H,26,27). The number of nitrogens with zero attached hydrogens (tertiary/aromatic N) is 4. The minimum Gasteiger partial charge on any atom is -0.507 e. The summed E-state index contributed by atoms with van der Waals surface area (Å²) in [6.07, 6.45) is -2.34. The highest BCUT2D eigenvalue weighted by Crippen LogP contribution is 2.38. The summed E-state index contributed by atoms with van der Waals surface area (Å²) in [6.45, 7) is 5.93. The van der Waals surface area contributed by atoms with Gasteiger partial charge in [-0.05, 0) is 70.6 Å². The van der Waals surface area contributed by atoms with E-state index in [1.54, 1.807) is 0 Å². The van der Waals surface area contributed by atoms with Crippen LogP contribution in [0.1, 0.15) is 38.3 Å². The lowest BCUT2D eigenvalue weighted by Gasteiger charge is -2.30. The molecule has 3 heterocycles. The second-order valence-corrected chi connectivity index (χ2v) is 8.41. The Bertz CT molecular complexity index is 1090. The lowest BCUT2D eigenvalue weighted by atomic mass is 10.1. The number of likely N-dealkylation sites (N-methyl/N-ethyl adjacent to an activating group) is 1. The van der Waals surface area contributed by atoms with Gasteiger partial charge < -0.3 is 19.9 Å². The van der Waals surface area contributed by atoms with Crippen LogP contribution in [0.25, 0.3) is 22.6 Å². The van der Waals surface area contributed by atoms with Gasteiger partial charge in [0.2, 0.25) is 0 Å². The molecule has 1 unspecified atom stereocenters. The third-order valence-corrected chi connectivity index (χ3v) is 5.61. The molecule has 31 heavy (non-hydrogen) atoms. The zero-order valence-corrected chi connectivity index (χ0v) is 17.7. The molecule has 9 heteroatoms. The van der Waals surface area contributed by atoms with Gasteiger partial charge in [0, 0.05) is 18.6 Å². The molecule has 166 valence electrons. The summed E-state index contributed by atoms with van der Waals surface area (Å²) in [5, 5.41) is 13.8. The molecule has 1 atom stereocenters. The van der Waals surface area contributed by atoms with Gasteiger partial charge in [0.05, 0.1) is 16.6 Å². The summed E-state index contributed by atoms with van der Waals surface area (Å²) in [4.78, 5) is 11.5. The number of fused-ring (bicyclic) bond motifs is 1. The van der Waals surface area contributed by atoms with E-state index in [4.69, 9.17) is 0 Å². The van der Waals surface area contributed by atoms with E-state index in [-0.39, 0.29) is 11.6 Å². The number of phenolic OH excluding ortho intramolecular Hbond substituents is 1. The highest BCUT2D eigenvalue weighted by molar-refractivity contribution is 5.80. The van der Waals surface area contributed by atoms with Gasteiger partial charge >= 0.3 is 6.18 Å². The number of aromatic nitrogens is 3. The van der Waals surface area contributed by atoms with E-state index in [2.05, 4.69) is 27.2 Å². The number of alkyl halides is 3. The maximum atomic E-state index is 13.0. The number of halogens is 3. The van der Waals surface area contributed by atoms with Crippen molar-refractivity contribution in [3.05, 3.63) is 35.9 Å². The topological polar surface area (TPSA) is 66.2 Å². The second-order valence-electron chi connectivity index (χ2n) is 8.41. The third kappa shape index (κ3) is 4.32. The van der Waals surface area contributed by atoms with Crippen molar-refractivity contribution in [1.82, 2.24) is 19.4 Å². The van der Waals surface area contributed by atoms with Gasteiger partial charge in [0.15, 0.2) is 5.65 Å². The molecule has 0 saturated carbocycles. The Morgan fingerprint density at radius 2 is 1.94 bits per heavy atom. The zero-order valence-electron chi connectivity index (χ0n) is 17.7. The summed E-state index contributed by atoms with van der Waals surface area (Å²) >= 11 is 0. The highest BCUT2D eigenvalue weighted by atomic mass is 19.4. The van der Waals surface area contributed by atoms with Gasteiger partial charge in [-0.25, -0.2) is 9.97 Å². The van der Waals surface area contributed by atoms with E-state index in [1.165, 1.54) is 6.07 Å². The summed E-state index contributed by atoms with van der Waals surface area (Å²) in [5.41, 5.74) is 0.582. The molecule has 0 amide bonds. The van der Waals surface area contributed by atoms with E-state index in [0.29, 0.717) is 23.3 Å². The predicted octanol–water partition coefficient (Wildman–Crippen LogP) is 4.91. The number of hydrogen-bond donors (Lipinski definition) is 2. The van der Waals surface area contributed by atoms with Crippen molar-refractivity contribution >= 4 is 17.0 Å². The number of anilines is 1. The van der Waals surface area contributed by atoms with Gasteiger partial charge in [0.1, 0.15) is 17.4 Å². The average Bonchev–Trinajstić information content (AvgIpc) is 3.06. The Morgan fingerprint density at radius 1 is 1.16 bits per heavy atom. The van der Waals surface area contributed by atoms with Crippen molar-refractivity contribution in [3.63, 3.8) is 0 Å². The lowest BCUT2D eigenvalue weighted by molar-refractivity contribution is -0.137. The number of piperidine rings is 1. The largest absolute Gasteiger partial charge is 0.507 e. The first-order valence-corrected chi connectivity index (χ1v) is 10.4. The Balaban J connectivity index is 1.73. The van der Waals surface area contributed by atoms with Crippen molar-refractivity contribution < 1.29 is 18.3 Å². The van der Waals surface area contributed by atoms with Crippen LogP contribution >= 0.6 is 0 Å². The second kappa shape index (κ2) is 8.03. The molecule has 0 radical (unpaired) electrons. The normalized spacial score (nSPS) is 18.1. The molecular formula is C22H26F3N5O. The molecule has 1 fully saturated rings. The minimum atomic E-state index is -4.52. The van der Waals surface area contributed by atoms with Crippen LogP contribution in [0.3, 0.4) is 0 Å². The van der Waals surface area contributed by atoms with Gasteiger partial charge in [-0.1, -0.05) is 0 Å². The molecule has 1 saturated heterocycles. The van der Waals surface area contributed by atoms with Gasteiger partial charge in [-0.15, -0.1) is 0 Å². The quantitative estimate of drug-likeness (QED) is 0.612. The number of likely N-dealkylation sites (tertiary alicyclic amines) is 1. The number of pyridine rings is 1. The number of hydrogen-bond acceptors (Lipinski definition) is 5. The van der Waals surface area contributed by atoms with Crippen LogP contribution in [0.4, 0.5) is 19.0 Å². The van der Waals surface area contributed by atoms with E-state index in [1.807, 2.05) is 30.5 Å². The molecule has 0 aliphatic carbocycles. The Morgan fingerprint density at radius 3 is 2.58 bits per heavy atom. The van der Waals surface area contributed by atoms with Crippen molar-refractivity contribution in [2.24, 2.45) is 0 Å². The van der Waals surface area contributed by atoms with Crippen molar-refractivity contribution in [1.29, 1.82) is 0 Å². The van der Waals surface area contributed by atoms with Gasteiger partial charge in [-0.3, -0.25) is 0 Å². The molecule has 0 spiro atoms. The van der Waals surface area contributed by atoms with E-state index in [9.17, 15) is 18.3 Å². The number of rotatable bonds is 4. The zero-order chi connectivity index (χ0) is 22.3.